The second kappa shape index (κ2) is 5.80. The molecule has 2 aromatic heterocycles. The number of amides is 1. The van der Waals surface area contributed by atoms with E-state index in [1.807, 2.05) is 0 Å². The summed E-state index contributed by atoms with van der Waals surface area (Å²) < 4.78 is 6.76. The van der Waals surface area contributed by atoms with Gasteiger partial charge in [-0.2, -0.15) is 5.10 Å². The molecular weight excluding hydrogens is 306 g/mol. The summed E-state index contributed by atoms with van der Waals surface area (Å²) in [7, 11) is 1.77. The van der Waals surface area contributed by atoms with Crippen molar-refractivity contribution in [2.75, 3.05) is 5.32 Å². The first-order valence-corrected chi connectivity index (χ1v) is 7.33. The van der Waals surface area contributed by atoms with Gasteiger partial charge in [-0.25, -0.2) is 9.59 Å². The molecule has 0 aliphatic carbocycles. The van der Waals surface area contributed by atoms with Gasteiger partial charge in [0.05, 0.1) is 11.9 Å². The lowest BCUT2D eigenvalue weighted by atomic mass is 10.2. The molecule has 0 aliphatic heterocycles. The summed E-state index contributed by atoms with van der Waals surface area (Å²) in [5, 5.41) is 15.8. The van der Waals surface area contributed by atoms with Gasteiger partial charge in [-0.15, -0.1) is 11.3 Å². The number of nitrogens with one attached hydrogen (secondary N) is 1. The molecule has 0 aromatic carbocycles. The van der Waals surface area contributed by atoms with Crippen LogP contribution in [0.25, 0.3) is 10.4 Å². The van der Waals surface area contributed by atoms with Gasteiger partial charge >= 0.3 is 12.1 Å². The van der Waals surface area contributed by atoms with Gasteiger partial charge in [0, 0.05) is 23.7 Å². The van der Waals surface area contributed by atoms with Crippen molar-refractivity contribution in [3.05, 3.63) is 23.3 Å². The summed E-state index contributed by atoms with van der Waals surface area (Å²) in [4.78, 5) is 23.9. The van der Waals surface area contributed by atoms with Crippen LogP contribution < -0.4 is 5.32 Å². The number of aromatic carboxylic acids is 1. The number of nitrogens with zero attached hydrogens (tertiary/aromatic N) is 2. The normalized spacial score (nSPS) is 11.3. The topological polar surface area (TPSA) is 93.5 Å². The van der Waals surface area contributed by atoms with Crippen molar-refractivity contribution in [1.82, 2.24) is 9.78 Å². The fourth-order valence-corrected chi connectivity index (χ4v) is 2.67. The Kier molecular flexibility index (Phi) is 4.23. The Hall–Kier alpha value is -2.35. The molecule has 0 unspecified atom stereocenters. The zero-order valence-corrected chi connectivity index (χ0v) is 13.5. The molecule has 0 saturated heterocycles. The van der Waals surface area contributed by atoms with Crippen LogP contribution in [0.4, 0.5) is 10.5 Å². The minimum absolute atomic E-state index is 0.0460. The SMILES string of the molecule is Cn1cc(-c2cc(NC(=O)OC(C)(C)C)c(C(=O)O)s2)cn1. The molecular formula is C14H17N3O4S. The summed E-state index contributed by atoms with van der Waals surface area (Å²) >= 11 is 1.07. The molecule has 2 rings (SSSR count). The number of aromatic nitrogens is 2. The minimum atomic E-state index is -1.11. The van der Waals surface area contributed by atoms with Crippen molar-refractivity contribution in [2.45, 2.75) is 26.4 Å². The highest BCUT2D eigenvalue weighted by molar-refractivity contribution is 7.18. The minimum Gasteiger partial charge on any atom is -0.477 e. The maximum Gasteiger partial charge on any atom is 0.412 e. The lowest BCUT2D eigenvalue weighted by molar-refractivity contribution is 0.0636. The molecule has 2 heterocycles. The quantitative estimate of drug-likeness (QED) is 0.904. The summed E-state index contributed by atoms with van der Waals surface area (Å²) in [6.45, 7) is 5.21. The van der Waals surface area contributed by atoms with Crippen LogP contribution in [0, 0.1) is 0 Å². The van der Waals surface area contributed by atoms with E-state index >= 15 is 0 Å². The van der Waals surface area contributed by atoms with Gasteiger partial charge in [0.1, 0.15) is 10.5 Å². The lowest BCUT2D eigenvalue weighted by Gasteiger charge is -2.19. The van der Waals surface area contributed by atoms with E-state index in [-0.39, 0.29) is 10.6 Å². The first-order valence-electron chi connectivity index (χ1n) is 6.52. The fraction of sp³-hybridized carbons (Fsp3) is 0.357. The van der Waals surface area contributed by atoms with E-state index in [1.54, 1.807) is 51.0 Å². The van der Waals surface area contributed by atoms with E-state index in [4.69, 9.17) is 4.74 Å². The molecule has 2 N–H and O–H groups in total. The second-order valence-electron chi connectivity index (χ2n) is 5.69. The first-order chi connectivity index (χ1) is 10.2. The van der Waals surface area contributed by atoms with Crippen LogP contribution in [0.3, 0.4) is 0 Å². The van der Waals surface area contributed by atoms with Gasteiger partial charge in [0.25, 0.3) is 0 Å². The van der Waals surface area contributed by atoms with Gasteiger partial charge < -0.3 is 9.84 Å². The number of carboxylic acids is 1. The Morgan fingerprint density at radius 2 is 2.09 bits per heavy atom. The Morgan fingerprint density at radius 3 is 2.59 bits per heavy atom. The Bertz CT molecular complexity index is 712. The van der Waals surface area contributed by atoms with Crippen LogP contribution >= 0.6 is 11.3 Å². The molecule has 1 amide bonds. The Morgan fingerprint density at radius 1 is 1.41 bits per heavy atom. The number of rotatable bonds is 3. The van der Waals surface area contributed by atoms with Gasteiger partial charge in [-0.1, -0.05) is 0 Å². The number of thiophene rings is 1. The number of carbonyl (C=O) groups is 2. The van der Waals surface area contributed by atoms with Crippen LogP contribution in [-0.2, 0) is 11.8 Å². The van der Waals surface area contributed by atoms with Crippen molar-refractivity contribution in [1.29, 1.82) is 0 Å². The van der Waals surface area contributed by atoms with Crippen LogP contribution in [0.1, 0.15) is 30.4 Å². The third-order valence-corrected chi connectivity index (χ3v) is 3.72. The zero-order valence-electron chi connectivity index (χ0n) is 12.7. The predicted octanol–water partition coefficient (Wildman–Crippen LogP) is 3.19. The van der Waals surface area contributed by atoms with E-state index in [2.05, 4.69) is 10.4 Å². The smallest absolute Gasteiger partial charge is 0.412 e. The second-order valence-corrected chi connectivity index (χ2v) is 6.74. The maximum atomic E-state index is 11.8. The molecule has 7 nitrogen and oxygen atoms in total. The van der Waals surface area contributed by atoms with Crippen LogP contribution in [-0.4, -0.2) is 32.6 Å². The zero-order chi connectivity index (χ0) is 16.5. The van der Waals surface area contributed by atoms with Crippen LogP contribution in [0.5, 0.6) is 0 Å². The van der Waals surface area contributed by atoms with Crippen LogP contribution in [0.2, 0.25) is 0 Å². The van der Waals surface area contributed by atoms with Gasteiger partial charge in [-0.3, -0.25) is 10.00 Å². The molecule has 2 aromatic rings. The largest absolute Gasteiger partial charge is 0.477 e. The molecule has 0 aliphatic rings. The van der Waals surface area contributed by atoms with Crippen molar-refractivity contribution in [2.24, 2.45) is 7.05 Å². The highest BCUT2D eigenvalue weighted by Gasteiger charge is 2.22. The Labute approximate surface area is 131 Å². The highest BCUT2D eigenvalue weighted by Crippen LogP contribution is 2.34. The number of carboxylic acid groups (broad SMARTS) is 1. The molecule has 0 atom stereocenters. The fourth-order valence-electron chi connectivity index (χ4n) is 1.75. The van der Waals surface area contributed by atoms with Crippen molar-refractivity contribution >= 4 is 29.1 Å². The number of aryl methyl sites for hydroxylation is 1. The number of hydrogen-bond acceptors (Lipinski definition) is 5. The van der Waals surface area contributed by atoms with Crippen molar-refractivity contribution < 1.29 is 19.4 Å². The predicted molar refractivity (Wildman–Crippen MR) is 83.3 cm³/mol. The molecule has 0 spiro atoms. The number of carbonyl (C=O) groups excluding carboxylic acids is 1. The van der Waals surface area contributed by atoms with E-state index in [0.29, 0.717) is 4.88 Å². The maximum absolute atomic E-state index is 11.8. The number of anilines is 1. The van der Waals surface area contributed by atoms with Crippen molar-refractivity contribution in [3.8, 4) is 10.4 Å². The molecule has 0 saturated carbocycles. The molecule has 8 heteroatoms. The van der Waals surface area contributed by atoms with Gasteiger partial charge in [0.15, 0.2) is 0 Å². The van der Waals surface area contributed by atoms with Gasteiger partial charge in [0.2, 0.25) is 0 Å². The third kappa shape index (κ3) is 3.85. The molecule has 0 bridgehead atoms. The van der Waals surface area contributed by atoms with E-state index < -0.39 is 17.7 Å². The highest BCUT2D eigenvalue weighted by atomic mass is 32.1. The van der Waals surface area contributed by atoms with Crippen LogP contribution in [0.15, 0.2) is 18.5 Å². The average Bonchev–Trinajstić information content (AvgIpc) is 2.92. The summed E-state index contributed by atoms with van der Waals surface area (Å²) in [5.41, 5.74) is 0.341. The van der Waals surface area contributed by atoms with Crippen molar-refractivity contribution in [3.63, 3.8) is 0 Å². The number of hydrogen-bond donors (Lipinski definition) is 2. The summed E-state index contributed by atoms with van der Waals surface area (Å²) in [5.74, 6) is -1.11. The number of ether oxygens (including phenoxy) is 1. The monoisotopic (exact) mass is 323 g/mol. The Balaban J connectivity index is 2.28. The van der Waals surface area contributed by atoms with E-state index in [9.17, 15) is 14.7 Å². The van der Waals surface area contributed by atoms with E-state index in [0.717, 1.165) is 16.9 Å². The summed E-state index contributed by atoms with van der Waals surface area (Å²) in [6.07, 6.45) is 2.72. The molecule has 0 fully saturated rings. The summed E-state index contributed by atoms with van der Waals surface area (Å²) in [6, 6.07) is 1.61. The average molecular weight is 323 g/mol. The van der Waals surface area contributed by atoms with E-state index in [1.165, 1.54) is 0 Å². The molecule has 118 valence electrons. The first kappa shape index (κ1) is 16.0. The molecule has 0 radical (unpaired) electrons. The molecule has 22 heavy (non-hydrogen) atoms. The lowest BCUT2D eigenvalue weighted by Crippen LogP contribution is -2.27. The van der Waals surface area contributed by atoms with Gasteiger partial charge in [-0.05, 0) is 26.8 Å². The third-order valence-electron chi connectivity index (χ3n) is 2.55. The standard InChI is InChI=1S/C14H17N3O4S/c1-14(2,3)21-13(20)16-9-5-10(22-11(9)12(18)19)8-6-15-17(4)7-8/h5-7H,1-4H3,(H,16,20)(H,18,19).